The molecule has 128 valence electrons. The van der Waals surface area contributed by atoms with Gasteiger partial charge in [-0.2, -0.15) is 0 Å². The lowest BCUT2D eigenvalue weighted by Crippen LogP contribution is -2.68. The van der Waals surface area contributed by atoms with Crippen molar-refractivity contribution in [2.45, 2.75) is 43.2 Å². The van der Waals surface area contributed by atoms with E-state index in [0.29, 0.717) is 11.0 Å². The number of para-hydroxylation sites is 1. The number of H-pyrrole nitrogens is 1. The lowest BCUT2D eigenvalue weighted by molar-refractivity contribution is 0.0621. The first-order valence-electron chi connectivity index (χ1n) is 8.72. The van der Waals surface area contributed by atoms with Gasteiger partial charge in [-0.3, -0.25) is 0 Å². The number of benzene rings is 1. The van der Waals surface area contributed by atoms with Gasteiger partial charge in [0.15, 0.2) is 0 Å². The third kappa shape index (κ3) is 2.41. The highest BCUT2D eigenvalue weighted by Gasteiger charge is 2.55. The van der Waals surface area contributed by atoms with Crippen LogP contribution in [0.5, 0.6) is 0 Å². The Labute approximate surface area is 151 Å². The van der Waals surface area contributed by atoms with E-state index >= 15 is 0 Å². The van der Waals surface area contributed by atoms with Crippen molar-refractivity contribution in [3.05, 3.63) is 41.7 Å². The molecule has 2 heterocycles. The fourth-order valence-electron chi connectivity index (χ4n) is 4.70. The van der Waals surface area contributed by atoms with Gasteiger partial charge < -0.3 is 16.0 Å². The fraction of sp³-hybridized carbons (Fsp3) is 0.368. The zero-order valence-corrected chi connectivity index (χ0v) is 14.6. The maximum Gasteiger partial charge on any atom is 0.223 e. The van der Waals surface area contributed by atoms with Crippen molar-refractivity contribution in [3.63, 3.8) is 0 Å². The van der Waals surface area contributed by atoms with Crippen LogP contribution in [0.3, 0.4) is 0 Å². The zero-order valence-electron chi connectivity index (χ0n) is 13.8. The Bertz CT molecular complexity index is 957. The number of nitrogens with two attached hydrogens (primary N) is 1. The number of hydrogen-bond donors (Lipinski definition) is 3. The minimum Gasteiger partial charge on any atom is -0.360 e. The molecule has 3 aromatic rings. The average molecular weight is 354 g/mol. The fourth-order valence-corrected chi connectivity index (χ4v) is 4.89. The molecule has 4 N–H and O–H groups in total. The standard InChI is InChI=1S/C19H20ClN5/c20-14-9-23-17(25-19-7-3-6-18(21,10-19)11-19)24-16(14)13-8-22-15-5-2-1-4-12(13)15/h1-2,4-5,8-9,22H,3,6-7,10-11,21H2,(H,23,24,25). The monoisotopic (exact) mass is 353 g/mol. The molecule has 0 saturated heterocycles. The first-order valence-corrected chi connectivity index (χ1v) is 9.10. The van der Waals surface area contributed by atoms with Gasteiger partial charge in [-0.05, 0) is 38.2 Å². The predicted molar refractivity (Wildman–Crippen MR) is 101 cm³/mol. The second-order valence-electron chi connectivity index (χ2n) is 7.61. The van der Waals surface area contributed by atoms with Crippen LogP contribution in [0, 0.1) is 0 Å². The number of nitrogens with one attached hydrogen (secondary N) is 2. The Kier molecular flexibility index (Phi) is 3.15. The Morgan fingerprint density at radius 3 is 2.88 bits per heavy atom. The summed E-state index contributed by atoms with van der Waals surface area (Å²) in [6, 6.07) is 8.14. The van der Waals surface area contributed by atoms with E-state index in [9.17, 15) is 0 Å². The van der Waals surface area contributed by atoms with Gasteiger partial charge in [-0.15, -0.1) is 0 Å². The molecule has 5 nitrogen and oxygen atoms in total. The van der Waals surface area contributed by atoms with Gasteiger partial charge in [0, 0.05) is 33.7 Å². The molecule has 3 aliphatic carbocycles. The largest absolute Gasteiger partial charge is 0.360 e. The van der Waals surface area contributed by atoms with Gasteiger partial charge in [0.1, 0.15) is 0 Å². The maximum absolute atomic E-state index is 6.41. The van der Waals surface area contributed by atoms with Gasteiger partial charge in [-0.25, -0.2) is 9.97 Å². The second-order valence-corrected chi connectivity index (χ2v) is 8.02. The van der Waals surface area contributed by atoms with Gasteiger partial charge >= 0.3 is 0 Å². The van der Waals surface area contributed by atoms with Crippen LogP contribution in [0.15, 0.2) is 36.7 Å². The van der Waals surface area contributed by atoms with E-state index in [0.717, 1.165) is 54.3 Å². The Balaban J connectivity index is 1.51. The Morgan fingerprint density at radius 2 is 2.04 bits per heavy atom. The molecule has 0 aliphatic heterocycles. The summed E-state index contributed by atoms with van der Waals surface area (Å²) in [6.45, 7) is 0. The predicted octanol–water partition coefficient (Wildman–Crippen LogP) is 4.10. The van der Waals surface area contributed by atoms with E-state index in [1.165, 1.54) is 0 Å². The molecule has 3 fully saturated rings. The summed E-state index contributed by atoms with van der Waals surface area (Å²) in [4.78, 5) is 12.4. The number of aromatic nitrogens is 3. The van der Waals surface area contributed by atoms with Crippen LogP contribution < -0.4 is 11.1 Å². The number of fused-ring (bicyclic) bond motifs is 3. The van der Waals surface area contributed by atoms with Gasteiger partial charge in [-0.1, -0.05) is 29.8 Å². The van der Waals surface area contributed by atoms with E-state index in [4.69, 9.17) is 22.3 Å². The smallest absolute Gasteiger partial charge is 0.223 e. The van der Waals surface area contributed by atoms with Crippen molar-refractivity contribution in [2.24, 2.45) is 5.73 Å². The second kappa shape index (κ2) is 5.19. The lowest BCUT2D eigenvalue weighted by Gasteiger charge is -2.59. The highest BCUT2D eigenvalue weighted by molar-refractivity contribution is 6.33. The Morgan fingerprint density at radius 1 is 1.20 bits per heavy atom. The lowest BCUT2D eigenvalue weighted by atomic mass is 9.55. The number of rotatable bonds is 3. The number of nitrogens with zero attached hydrogens (tertiary/aromatic N) is 2. The minimum absolute atomic E-state index is 0.0113. The third-order valence-electron chi connectivity index (χ3n) is 5.68. The number of aromatic amines is 1. The normalized spacial score (nSPS) is 27.9. The van der Waals surface area contributed by atoms with Gasteiger partial charge in [0.2, 0.25) is 5.95 Å². The Hall–Kier alpha value is -2.11. The highest BCUT2D eigenvalue weighted by atomic mass is 35.5. The zero-order chi connectivity index (χ0) is 17.1. The van der Waals surface area contributed by atoms with Crippen LogP contribution in [0.25, 0.3) is 22.2 Å². The molecule has 0 spiro atoms. The number of anilines is 1. The molecule has 3 saturated carbocycles. The maximum atomic E-state index is 6.41. The summed E-state index contributed by atoms with van der Waals surface area (Å²) in [5.74, 6) is 0.633. The number of halogens is 1. The van der Waals surface area contributed by atoms with Crippen molar-refractivity contribution in [1.29, 1.82) is 0 Å². The van der Waals surface area contributed by atoms with Crippen LogP contribution in [0.2, 0.25) is 5.02 Å². The van der Waals surface area contributed by atoms with Crippen LogP contribution in [-0.2, 0) is 0 Å². The summed E-state index contributed by atoms with van der Waals surface area (Å²) in [6.07, 6.45) is 9.03. The molecule has 3 aliphatic rings. The molecular weight excluding hydrogens is 334 g/mol. The highest BCUT2D eigenvalue weighted by Crippen LogP contribution is 2.51. The van der Waals surface area contributed by atoms with Crippen LogP contribution in [0.1, 0.15) is 32.1 Å². The van der Waals surface area contributed by atoms with Crippen molar-refractivity contribution in [1.82, 2.24) is 15.0 Å². The SMILES string of the molecule is NC12CCCC(Nc3ncc(Cl)c(-c4c[nH]c5ccccc45)n3)(C1)C2. The molecule has 0 atom stereocenters. The minimum atomic E-state index is 0.0113. The third-order valence-corrected chi connectivity index (χ3v) is 5.95. The van der Waals surface area contributed by atoms with Gasteiger partial charge in [0.25, 0.3) is 0 Å². The average Bonchev–Trinajstić information content (AvgIpc) is 2.99. The van der Waals surface area contributed by atoms with E-state index < -0.39 is 0 Å². The molecule has 0 radical (unpaired) electrons. The van der Waals surface area contributed by atoms with Crippen LogP contribution >= 0.6 is 11.6 Å². The molecule has 1 aromatic carbocycles. The summed E-state index contributed by atoms with van der Waals surface area (Å²) in [5, 5.41) is 5.21. The molecule has 2 aromatic heterocycles. The van der Waals surface area contributed by atoms with Crippen molar-refractivity contribution in [2.75, 3.05) is 5.32 Å². The van der Waals surface area contributed by atoms with Crippen molar-refractivity contribution >= 4 is 28.5 Å². The van der Waals surface area contributed by atoms with Crippen molar-refractivity contribution < 1.29 is 0 Å². The molecule has 6 rings (SSSR count). The topological polar surface area (TPSA) is 79.6 Å². The molecule has 6 heteroatoms. The quantitative estimate of drug-likeness (QED) is 0.662. The van der Waals surface area contributed by atoms with E-state index in [1.807, 2.05) is 24.4 Å². The van der Waals surface area contributed by atoms with Crippen molar-refractivity contribution in [3.8, 4) is 11.3 Å². The first kappa shape index (κ1) is 15.2. The summed E-state index contributed by atoms with van der Waals surface area (Å²) >= 11 is 6.41. The molecule has 0 unspecified atom stereocenters. The molecular formula is C19H20ClN5. The molecule has 0 amide bonds. The summed E-state index contributed by atoms with van der Waals surface area (Å²) < 4.78 is 0. The van der Waals surface area contributed by atoms with E-state index in [2.05, 4.69) is 21.4 Å². The summed E-state index contributed by atoms with van der Waals surface area (Å²) in [5.41, 5.74) is 9.25. The van der Waals surface area contributed by atoms with Gasteiger partial charge in [0.05, 0.1) is 16.9 Å². The van der Waals surface area contributed by atoms with E-state index in [-0.39, 0.29) is 11.1 Å². The van der Waals surface area contributed by atoms with Crippen LogP contribution in [-0.4, -0.2) is 26.0 Å². The first-order chi connectivity index (χ1) is 12.1. The molecule has 2 bridgehead atoms. The number of hydrogen-bond acceptors (Lipinski definition) is 4. The molecule has 25 heavy (non-hydrogen) atoms. The summed E-state index contributed by atoms with van der Waals surface area (Å²) in [7, 11) is 0. The van der Waals surface area contributed by atoms with Crippen LogP contribution in [0.4, 0.5) is 5.95 Å². The van der Waals surface area contributed by atoms with E-state index in [1.54, 1.807) is 6.20 Å².